The number of carboxylic acids is 1. The predicted octanol–water partition coefficient (Wildman–Crippen LogP) is 2.07. The molecule has 0 fully saturated rings. The van der Waals surface area contributed by atoms with Gasteiger partial charge in [0.2, 0.25) is 11.8 Å². The molecule has 0 aromatic rings. The summed E-state index contributed by atoms with van der Waals surface area (Å²) < 4.78 is 4.57. The maximum Gasteiger partial charge on any atom is 0.329 e. The molecule has 7 heteroatoms. The van der Waals surface area contributed by atoms with Crippen LogP contribution >= 0.6 is 0 Å². The van der Waals surface area contributed by atoms with Crippen molar-refractivity contribution in [1.29, 1.82) is 0 Å². The topological polar surface area (TPSA) is 101 Å². The van der Waals surface area contributed by atoms with E-state index in [9.17, 15) is 19.2 Å². The average Bonchev–Trinajstić information content (AvgIpc) is 2.53. The summed E-state index contributed by atoms with van der Waals surface area (Å²) >= 11 is 0. The molecule has 0 saturated heterocycles. The highest BCUT2D eigenvalue weighted by atomic mass is 16.5. The first kappa shape index (κ1) is 21.6. The molecule has 0 aliphatic rings. The third kappa shape index (κ3) is 7.71. The second-order valence-corrected chi connectivity index (χ2v) is 5.01. The maximum absolute atomic E-state index is 12.4. The van der Waals surface area contributed by atoms with Crippen LogP contribution in [0.1, 0.15) is 46.0 Å². The first-order valence-corrected chi connectivity index (χ1v) is 7.75. The number of hydrogen-bond acceptors (Lipinski definition) is 5. The number of carbonyl (C=O) groups is 4. The number of aliphatic carboxylic acids is 1. The van der Waals surface area contributed by atoms with Crippen LogP contribution in [0.3, 0.4) is 0 Å². The molecule has 0 aromatic heterocycles. The average molecular weight is 339 g/mol. The molecule has 7 nitrogen and oxygen atoms in total. The standard InChI is InChI=1S/C17H25NO6/c1-4-6-8-10-14(19)18(15(20)11-9-7-5-2)13(12-16(21)22)17(23)24-3/h4-7,13H,8-12H2,1-3H3,(H,21,22)/b6-4+,7-5+. The number of carbonyl (C=O) groups excluding carboxylic acids is 3. The number of methoxy groups -OCH3 is 1. The van der Waals surface area contributed by atoms with Crippen molar-refractivity contribution in [2.45, 2.75) is 52.0 Å². The van der Waals surface area contributed by atoms with Crippen molar-refractivity contribution in [2.75, 3.05) is 7.11 Å². The molecule has 0 spiro atoms. The second-order valence-electron chi connectivity index (χ2n) is 5.01. The zero-order chi connectivity index (χ0) is 18.5. The Morgan fingerprint density at radius 3 is 1.79 bits per heavy atom. The highest BCUT2D eigenvalue weighted by Crippen LogP contribution is 2.14. The van der Waals surface area contributed by atoms with Crippen LogP contribution in [0, 0.1) is 0 Å². The van der Waals surface area contributed by atoms with Crippen molar-refractivity contribution in [3.63, 3.8) is 0 Å². The number of allylic oxidation sites excluding steroid dienone is 4. The molecule has 0 bridgehead atoms. The van der Waals surface area contributed by atoms with Crippen LogP contribution < -0.4 is 0 Å². The molecule has 0 radical (unpaired) electrons. The van der Waals surface area contributed by atoms with Gasteiger partial charge in [-0.05, 0) is 26.7 Å². The van der Waals surface area contributed by atoms with E-state index in [0.29, 0.717) is 12.8 Å². The summed E-state index contributed by atoms with van der Waals surface area (Å²) in [5.41, 5.74) is 0. The summed E-state index contributed by atoms with van der Waals surface area (Å²) in [7, 11) is 1.09. The molecule has 1 unspecified atom stereocenters. The lowest BCUT2D eigenvalue weighted by Crippen LogP contribution is -2.50. The predicted molar refractivity (Wildman–Crippen MR) is 88.0 cm³/mol. The Balaban J connectivity index is 5.43. The fourth-order valence-corrected chi connectivity index (χ4v) is 2.06. The van der Waals surface area contributed by atoms with E-state index in [0.717, 1.165) is 12.0 Å². The van der Waals surface area contributed by atoms with E-state index in [1.807, 2.05) is 0 Å². The van der Waals surface area contributed by atoms with E-state index in [1.165, 1.54) is 0 Å². The number of carboxylic acid groups (broad SMARTS) is 1. The van der Waals surface area contributed by atoms with Crippen molar-refractivity contribution < 1.29 is 29.0 Å². The summed E-state index contributed by atoms with van der Waals surface area (Å²) in [4.78, 5) is 48.4. The molecular formula is C17H25NO6. The molecule has 134 valence electrons. The minimum atomic E-state index is -1.45. The summed E-state index contributed by atoms with van der Waals surface area (Å²) in [6.07, 6.45) is 7.16. The molecule has 1 atom stereocenters. The van der Waals surface area contributed by atoms with Gasteiger partial charge in [0.15, 0.2) is 0 Å². The van der Waals surface area contributed by atoms with Gasteiger partial charge in [-0.15, -0.1) is 0 Å². The molecular weight excluding hydrogens is 314 g/mol. The lowest BCUT2D eigenvalue weighted by molar-refractivity contribution is -0.162. The minimum Gasteiger partial charge on any atom is -0.481 e. The number of imide groups is 1. The van der Waals surface area contributed by atoms with Crippen molar-refractivity contribution in [2.24, 2.45) is 0 Å². The third-order valence-electron chi connectivity index (χ3n) is 3.21. The zero-order valence-corrected chi connectivity index (χ0v) is 14.4. The Morgan fingerprint density at radius 1 is 1.00 bits per heavy atom. The molecule has 0 aromatic carbocycles. The number of amides is 2. The Morgan fingerprint density at radius 2 is 1.46 bits per heavy atom. The number of rotatable bonds is 10. The molecule has 0 saturated carbocycles. The molecule has 24 heavy (non-hydrogen) atoms. The van der Waals surface area contributed by atoms with Gasteiger partial charge in [0.25, 0.3) is 0 Å². The number of ether oxygens (including phenoxy) is 1. The largest absolute Gasteiger partial charge is 0.481 e. The van der Waals surface area contributed by atoms with E-state index in [2.05, 4.69) is 4.74 Å². The number of esters is 1. The quantitative estimate of drug-likeness (QED) is 0.483. The summed E-state index contributed by atoms with van der Waals surface area (Å²) in [6.45, 7) is 3.60. The van der Waals surface area contributed by atoms with Crippen LogP contribution in [0.25, 0.3) is 0 Å². The normalized spacial score (nSPS) is 12.3. The van der Waals surface area contributed by atoms with Crippen LogP contribution in [0.15, 0.2) is 24.3 Å². The van der Waals surface area contributed by atoms with Crippen LogP contribution in [-0.2, 0) is 23.9 Å². The van der Waals surface area contributed by atoms with E-state index in [1.54, 1.807) is 38.2 Å². The van der Waals surface area contributed by atoms with Crippen LogP contribution in [0.4, 0.5) is 0 Å². The van der Waals surface area contributed by atoms with Gasteiger partial charge in [-0.3, -0.25) is 19.3 Å². The Kier molecular flexibility index (Phi) is 10.8. The Bertz CT molecular complexity index is 481. The van der Waals surface area contributed by atoms with Gasteiger partial charge in [-0.25, -0.2) is 4.79 Å². The highest BCUT2D eigenvalue weighted by molar-refractivity contribution is 6.00. The molecule has 0 aliphatic carbocycles. The first-order valence-electron chi connectivity index (χ1n) is 7.75. The smallest absolute Gasteiger partial charge is 0.329 e. The fourth-order valence-electron chi connectivity index (χ4n) is 2.06. The third-order valence-corrected chi connectivity index (χ3v) is 3.21. The van der Waals surface area contributed by atoms with E-state index in [4.69, 9.17) is 5.11 Å². The minimum absolute atomic E-state index is 0.00676. The summed E-state index contributed by atoms with van der Waals surface area (Å²) in [5.74, 6) is -3.39. The van der Waals surface area contributed by atoms with Crippen LogP contribution in [0.5, 0.6) is 0 Å². The van der Waals surface area contributed by atoms with E-state index in [-0.39, 0.29) is 12.8 Å². The molecule has 2 amide bonds. The van der Waals surface area contributed by atoms with Crippen molar-refractivity contribution in [3.05, 3.63) is 24.3 Å². The first-order chi connectivity index (χ1) is 11.4. The second kappa shape index (κ2) is 12.0. The Labute approximate surface area is 142 Å². The summed E-state index contributed by atoms with van der Waals surface area (Å²) in [6, 6.07) is -1.45. The van der Waals surface area contributed by atoms with Crippen LogP contribution in [-0.4, -0.2) is 46.9 Å². The van der Waals surface area contributed by atoms with Crippen molar-refractivity contribution in [3.8, 4) is 0 Å². The molecule has 0 heterocycles. The van der Waals surface area contributed by atoms with E-state index < -0.39 is 36.2 Å². The lowest BCUT2D eigenvalue weighted by atomic mass is 10.1. The van der Waals surface area contributed by atoms with Gasteiger partial charge in [-0.2, -0.15) is 0 Å². The molecule has 1 N–H and O–H groups in total. The SMILES string of the molecule is C/C=C/CCC(=O)N(C(=O)CC/C=C/C)C(CC(=O)O)C(=O)OC. The summed E-state index contributed by atoms with van der Waals surface area (Å²) in [5, 5.41) is 8.99. The molecule has 0 rings (SSSR count). The van der Waals surface area contributed by atoms with Gasteiger partial charge in [0, 0.05) is 12.8 Å². The van der Waals surface area contributed by atoms with Crippen molar-refractivity contribution >= 4 is 23.8 Å². The highest BCUT2D eigenvalue weighted by Gasteiger charge is 2.36. The van der Waals surface area contributed by atoms with E-state index >= 15 is 0 Å². The monoisotopic (exact) mass is 339 g/mol. The van der Waals surface area contributed by atoms with Crippen molar-refractivity contribution in [1.82, 2.24) is 4.90 Å². The molecule has 0 aliphatic heterocycles. The van der Waals surface area contributed by atoms with Gasteiger partial charge in [-0.1, -0.05) is 24.3 Å². The van der Waals surface area contributed by atoms with Crippen LogP contribution in [0.2, 0.25) is 0 Å². The number of nitrogens with zero attached hydrogens (tertiary/aromatic N) is 1. The van der Waals surface area contributed by atoms with Gasteiger partial charge in [0.05, 0.1) is 13.5 Å². The lowest BCUT2D eigenvalue weighted by Gasteiger charge is -2.27. The van der Waals surface area contributed by atoms with Gasteiger partial charge in [0.1, 0.15) is 6.04 Å². The zero-order valence-electron chi connectivity index (χ0n) is 14.4. The fraction of sp³-hybridized carbons (Fsp3) is 0.529. The Hall–Kier alpha value is -2.44. The number of hydrogen-bond donors (Lipinski definition) is 1. The van der Waals surface area contributed by atoms with Gasteiger partial charge >= 0.3 is 11.9 Å². The maximum atomic E-state index is 12.4. The van der Waals surface area contributed by atoms with Gasteiger partial charge < -0.3 is 9.84 Å².